The molecular formula is C25H35N3O4. The molecule has 32 heavy (non-hydrogen) atoms. The molecule has 0 saturated heterocycles. The Hall–Kier alpha value is -3.06. The van der Waals surface area contributed by atoms with Crippen LogP contribution >= 0.6 is 0 Å². The van der Waals surface area contributed by atoms with Crippen molar-refractivity contribution in [2.24, 2.45) is 0 Å². The molecule has 2 aromatic rings. The molecule has 7 nitrogen and oxygen atoms in total. The van der Waals surface area contributed by atoms with Gasteiger partial charge in [0.25, 0.3) is 11.8 Å². The summed E-state index contributed by atoms with van der Waals surface area (Å²) in [4.78, 5) is 26.5. The number of ether oxygens (including phenoxy) is 2. The molecular weight excluding hydrogens is 406 g/mol. The van der Waals surface area contributed by atoms with Crippen molar-refractivity contribution >= 4 is 11.8 Å². The van der Waals surface area contributed by atoms with Gasteiger partial charge in [-0.2, -0.15) is 0 Å². The first-order chi connectivity index (χ1) is 15.4. The first-order valence-corrected chi connectivity index (χ1v) is 11.1. The summed E-state index contributed by atoms with van der Waals surface area (Å²) in [6, 6.07) is 13.6. The van der Waals surface area contributed by atoms with E-state index in [1.165, 1.54) is 12.7 Å². The lowest BCUT2D eigenvalue weighted by Gasteiger charge is -2.24. The van der Waals surface area contributed by atoms with Crippen LogP contribution in [0.5, 0.6) is 11.5 Å². The minimum absolute atomic E-state index is 0.0799. The molecule has 0 aliphatic heterocycles. The van der Waals surface area contributed by atoms with Crippen LogP contribution in [0.25, 0.3) is 0 Å². The van der Waals surface area contributed by atoms with Gasteiger partial charge >= 0.3 is 0 Å². The highest BCUT2D eigenvalue weighted by Gasteiger charge is 2.11. The molecule has 2 aromatic carbocycles. The highest BCUT2D eigenvalue weighted by atomic mass is 16.5. The minimum atomic E-state index is -0.191. The predicted octanol–water partition coefficient (Wildman–Crippen LogP) is 3.37. The third-order valence-electron chi connectivity index (χ3n) is 5.15. The molecule has 2 rings (SSSR count). The van der Waals surface area contributed by atoms with Gasteiger partial charge in [0, 0.05) is 31.2 Å². The Morgan fingerprint density at radius 3 is 2.25 bits per heavy atom. The number of carbonyl (C=O) groups is 2. The van der Waals surface area contributed by atoms with Crippen LogP contribution in [0.4, 0.5) is 0 Å². The molecule has 0 aliphatic carbocycles. The quantitative estimate of drug-likeness (QED) is 0.528. The average molecular weight is 442 g/mol. The van der Waals surface area contributed by atoms with E-state index in [0.29, 0.717) is 36.2 Å². The van der Waals surface area contributed by atoms with E-state index in [4.69, 9.17) is 9.47 Å². The summed E-state index contributed by atoms with van der Waals surface area (Å²) in [5, 5.41) is 5.61. The Balaban J connectivity index is 1.93. The smallest absolute Gasteiger partial charge is 0.257 e. The van der Waals surface area contributed by atoms with Gasteiger partial charge in [-0.25, -0.2) is 0 Å². The molecule has 0 unspecified atom stereocenters. The SMILES string of the molecule is CCNC(=O)COc1ccc(CNC(=O)c2ccc(CN(CC)C(C)C)cc2)cc1OC. The van der Waals surface area contributed by atoms with E-state index in [-0.39, 0.29) is 18.4 Å². The van der Waals surface area contributed by atoms with E-state index in [9.17, 15) is 9.59 Å². The predicted molar refractivity (Wildman–Crippen MR) is 126 cm³/mol. The van der Waals surface area contributed by atoms with Crippen LogP contribution in [-0.2, 0) is 17.9 Å². The number of methoxy groups -OCH3 is 1. The van der Waals surface area contributed by atoms with Gasteiger partial charge in [0.2, 0.25) is 0 Å². The lowest BCUT2D eigenvalue weighted by Crippen LogP contribution is -2.30. The number of nitrogens with one attached hydrogen (secondary N) is 2. The fraction of sp³-hybridized carbons (Fsp3) is 0.440. The van der Waals surface area contributed by atoms with E-state index in [1.54, 1.807) is 12.1 Å². The number of likely N-dealkylation sites (N-methyl/N-ethyl adjacent to an activating group) is 1. The second-order valence-corrected chi connectivity index (χ2v) is 7.76. The summed E-state index contributed by atoms with van der Waals surface area (Å²) in [6.07, 6.45) is 0. The highest BCUT2D eigenvalue weighted by Crippen LogP contribution is 2.28. The van der Waals surface area contributed by atoms with Crippen LogP contribution in [0.2, 0.25) is 0 Å². The standard InChI is InChI=1S/C25H35N3O4/c1-6-26-24(29)17-32-22-13-10-20(14-23(22)31-5)15-27-25(30)21-11-8-19(9-12-21)16-28(7-2)18(3)4/h8-14,18H,6-7,15-17H2,1-5H3,(H,26,29)(H,27,30). The number of hydrogen-bond donors (Lipinski definition) is 2. The molecule has 7 heteroatoms. The van der Waals surface area contributed by atoms with Gasteiger partial charge < -0.3 is 20.1 Å². The van der Waals surface area contributed by atoms with Crippen molar-refractivity contribution in [3.8, 4) is 11.5 Å². The van der Waals surface area contributed by atoms with Crippen LogP contribution in [0.3, 0.4) is 0 Å². The molecule has 174 valence electrons. The average Bonchev–Trinajstić information content (AvgIpc) is 2.80. The van der Waals surface area contributed by atoms with Gasteiger partial charge in [0.1, 0.15) is 0 Å². The van der Waals surface area contributed by atoms with Gasteiger partial charge in [0.05, 0.1) is 7.11 Å². The normalized spacial score (nSPS) is 10.8. The van der Waals surface area contributed by atoms with Gasteiger partial charge in [-0.05, 0) is 62.7 Å². The molecule has 0 atom stereocenters. The number of nitrogens with zero attached hydrogens (tertiary/aromatic N) is 1. The second kappa shape index (κ2) is 12.7. The van der Waals surface area contributed by atoms with Crippen molar-refractivity contribution < 1.29 is 19.1 Å². The van der Waals surface area contributed by atoms with Crippen molar-refractivity contribution in [2.45, 2.75) is 46.8 Å². The van der Waals surface area contributed by atoms with E-state index in [1.807, 2.05) is 37.3 Å². The maximum absolute atomic E-state index is 12.6. The van der Waals surface area contributed by atoms with Gasteiger partial charge in [-0.15, -0.1) is 0 Å². The second-order valence-electron chi connectivity index (χ2n) is 7.76. The number of rotatable bonds is 12. The molecule has 0 fully saturated rings. The van der Waals surface area contributed by atoms with Crippen LogP contribution in [-0.4, -0.2) is 49.6 Å². The number of hydrogen-bond acceptors (Lipinski definition) is 5. The van der Waals surface area contributed by atoms with Gasteiger partial charge in [-0.3, -0.25) is 14.5 Å². The lowest BCUT2D eigenvalue weighted by molar-refractivity contribution is -0.123. The molecule has 2 amide bonds. The molecule has 0 heterocycles. The summed E-state index contributed by atoms with van der Waals surface area (Å²) in [6.45, 7) is 11.0. The zero-order valence-corrected chi connectivity index (χ0v) is 19.7. The molecule has 0 aliphatic rings. The van der Waals surface area contributed by atoms with Crippen molar-refractivity contribution in [1.82, 2.24) is 15.5 Å². The van der Waals surface area contributed by atoms with Crippen molar-refractivity contribution in [2.75, 3.05) is 26.8 Å². The van der Waals surface area contributed by atoms with Crippen LogP contribution < -0.4 is 20.1 Å². The van der Waals surface area contributed by atoms with Gasteiger partial charge in [0.15, 0.2) is 18.1 Å². The topological polar surface area (TPSA) is 79.9 Å². The summed E-state index contributed by atoms with van der Waals surface area (Å²) in [5.74, 6) is 0.662. The Morgan fingerprint density at radius 1 is 0.969 bits per heavy atom. The van der Waals surface area contributed by atoms with Crippen molar-refractivity contribution in [3.63, 3.8) is 0 Å². The Kier molecular flexibility index (Phi) is 10.0. The van der Waals surface area contributed by atoms with Gasteiger partial charge in [-0.1, -0.05) is 25.1 Å². The minimum Gasteiger partial charge on any atom is -0.493 e. The first-order valence-electron chi connectivity index (χ1n) is 11.1. The summed E-state index contributed by atoms with van der Waals surface area (Å²) in [7, 11) is 1.54. The van der Waals surface area contributed by atoms with E-state index >= 15 is 0 Å². The molecule has 0 saturated carbocycles. The van der Waals surface area contributed by atoms with Crippen LogP contribution in [0.15, 0.2) is 42.5 Å². The zero-order chi connectivity index (χ0) is 23.5. The molecule has 0 radical (unpaired) electrons. The van der Waals surface area contributed by atoms with Crippen molar-refractivity contribution in [1.29, 1.82) is 0 Å². The number of carbonyl (C=O) groups excluding carboxylic acids is 2. The van der Waals surface area contributed by atoms with Crippen LogP contribution in [0, 0.1) is 0 Å². The molecule has 0 spiro atoms. The monoisotopic (exact) mass is 441 g/mol. The Morgan fingerprint density at radius 2 is 1.66 bits per heavy atom. The summed E-state index contributed by atoms with van der Waals surface area (Å²) in [5.41, 5.74) is 2.67. The lowest BCUT2D eigenvalue weighted by atomic mass is 10.1. The maximum Gasteiger partial charge on any atom is 0.257 e. The van der Waals surface area contributed by atoms with Crippen LogP contribution in [0.1, 0.15) is 49.2 Å². The maximum atomic E-state index is 12.6. The fourth-order valence-corrected chi connectivity index (χ4v) is 3.27. The summed E-state index contributed by atoms with van der Waals surface area (Å²) < 4.78 is 10.9. The van der Waals surface area contributed by atoms with E-state index < -0.39 is 0 Å². The highest BCUT2D eigenvalue weighted by molar-refractivity contribution is 5.94. The number of benzene rings is 2. The fourth-order valence-electron chi connectivity index (χ4n) is 3.27. The largest absolute Gasteiger partial charge is 0.493 e. The third kappa shape index (κ3) is 7.57. The first kappa shape index (κ1) is 25.2. The molecule has 0 aromatic heterocycles. The zero-order valence-electron chi connectivity index (χ0n) is 19.7. The van der Waals surface area contributed by atoms with E-state index in [0.717, 1.165) is 18.7 Å². The third-order valence-corrected chi connectivity index (χ3v) is 5.15. The number of amides is 2. The summed E-state index contributed by atoms with van der Waals surface area (Å²) >= 11 is 0. The molecule has 0 bridgehead atoms. The Bertz CT molecular complexity index is 881. The Labute approximate surface area is 191 Å². The van der Waals surface area contributed by atoms with E-state index in [2.05, 4.69) is 36.3 Å². The molecule has 2 N–H and O–H groups in total. The van der Waals surface area contributed by atoms with Crippen molar-refractivity contribution in [3.05, 3.63) is 59.2 Å².